The first-order valence-electron chi connectivity index (χ1n) is 5.70. The fourth-order valence-electron chi connectivity index (χ4n) is 1.29. The van der Waals surface area contributed by atoms with Gasteiger partial charge in [-0.15, -0.1) is 0 Å². The molecule has 98 valence electrons. The molecule has 0 bridgehead atoms. The van der Waals surface area contributed by atoms with Crippen LogP contribution in [0, 0.1) is 0 Å². The second-order valence-electron chi connectivity index (χ2n) is 3.51. The number of nitrogens with one attached hydrogen (secondary N) is 1. The normalized spacial score (nSPS) is 9.89. The second-order valence-corrected chi connectivity index (χ2v) is 3.90. The molecule has 0 radical (unpaired) electrons. The summed E-state index contributed by atoms with van der Waals surface area (Å²) in [7, 11) is 0. The summed E-state index contributed by atoms with van der Waals surface area (Å²) in [5, 5.41) is 2.93. The van der Waals surface area contributed by atoms with Crippen molar-refractivity contribution in [2.45, 2.75) is 19.8 Å². The van der Waals surface area contributed by atoms with Crippen molar-refractivity contribution in [1.82, 2.24) is 10.3 Å². The Labute approximate surface area is 110 Å². The lowest BCUT2D eigenvalue weighted by Crippen LogP contribution is -2.25. The maximum atomic E-state index is 11.6. The van der Waals surface area contributed by atoms with Gasteiger partial charge in [-0.05, 0) is 25.5 Å². The number of amides is 1. The highest BCUT2D eigenvalue weighted by Gasteiger charge is 2.07. The fraction of sp³-hybridized carbons (Fsp3) is 0.417. The Morgan fingerprint density at radius 3 is 2.89 bits per heavy atom. The zero-order valence-electron chi connectivity index (χ0n) is 10.1. The van der Waals surface area contributed by atoms with Gasteiger partial charge in [0.2, 0.25) is 0 Å². The summed E-state index contributed by atoms with van der Waals surface area (Å²) in [4.78, 5) is 26.5. The van der Waals surface area contributed by atoms with E-state index in [0.717, 1.165) is 0 Å². The molecule has 0 aliphatic carbocycles. The van der Waals surface area contributed by atoms with Crippen molar-refractivity contribution >= 4 is 23.5 Å². The van der Waals surface area contributed by atoms with Gasteiger partial charge in [-0.2, -0.15) is 0 Å². The van der Waals surface area contributed by atoms with Gasteiger partial charge in [-0.1, -0.05) is 17.7 Å². The average molecular weight is 271 g/mol. The Bertz CT molecular complexity index is 424. The third kappa shape index (κ3) is 5.14. The van der Waals surface area contributed by atoms with Crippen LogP contribution in [-0.4, -0.2) is 30.0 Å². The Kier molecular flexibility index (Phi) is 6.14. The topological polar surface area (TPSA) is 68.3 Å². The van der Waals surface area contributed by atoms with E-state index < -0.39 is 0 Å². The summed E-state index contributed by atoms with van der Waals surface area (Å²) in [6.07, 6.45) is 0.822. The highest BCUT2D eigenvalue weighted by atomic mass is 35.5. The Balaban J connectivity index is 2.27. The average Bonchev–Trinajstić information content (AvgIpc) is 2.35. The van der Waals surface area contributed by atoms with Crippen molar-refractivity contribution in [2.75, 3.05) is 13.2 Å². The molecule has 5 nitrogen and oxygen atoms in total. The van der Waals surface area contributed by atoms with E-state index in [9.17, 15) is 9.59 Å². The van der Waals surface area contributed by atoms with Crippen molar-refractivity contribution in [3.8, 4) is 0 Å². The second kappa shape index (κ2) is 7.66. The first kappa shape index (κ1) is 14.4. The van der Waals surface area contributed by atoms with Crippen LogP contribution < -0.4 is 5.32 Å². The van der Waals surface area contributed by atoms with Gasteiger partial charge in [0.25, 0.3) is 5.91 Å². The smallest absolute Gasteiger partial charge is 0.305 e. The van der Waals surface area contributed by atoms with Crippen molar-refractivity contribution in [3.05, 3.63) is 29.0 Å². The number of carbonyl (C=O) groups is 2. The summed E-state index contributed by atoms with van der Waals surface area (Å²) in [5.41, 5.74) is 0.263. The highest BCUT2D eigenvalue weighted by molar-refractivity contribution is 6.29. The van der Waals surface area contributed by atoms with Crippen LogP contribution in [-0.2, 0) is 9.53 Å². The molecule has 0 aliphatic rings. The first-order valence-corrected chi connectivity index (χ1v) is 6.07. The van der Waals surface area contributed by atoms with Gasteiger partial charge in [0.05, 0.1) is 6.61 Å². The molecule has 0 aliphatic heterocycles. The number of rotatable bonds is 6. The number of hydrogen-bond acceptors (Lipinski definition) is 4. The standard InChI is InChI=1S/C12H15ClN2O3/c1-2-18-11(16)7-4-8-14-12(17)9-5-3-6-10(13)15-9/h3,5-6H,2,4,7-8H2,1H3,(H,14,17). The molecule has 0 aromatic carbocycles. The van der Waals surface area contributed by atoms with Crippen LogP contribution in [0.5, 0.6) is 0 Å². The SMILES string of the molecule is CCOC(=O)CCCNC(=O)c1cccc(Cl)n1. The minimum Gasteiger partial charge on any atom is -0.466 e. The molecule has 0 spiro atoms. The predicted octanol–water partition coefficient (Wildman–Crippen LogP) is 1.81. The maximum absolute atomic E-state index is 11.6. The molecule has 0 saturated carbocycles. The molecule has 1 N–H and O–H groups in total. The summed E-state index contributed by atoms with van der Waals surface area (Å²) < 4.78 is 4.77. The van der Waals surface area contributed by atoms with Crippen molar-refractivity contribution in [1.29, 1.82) is 0 Å². The summed E-state index contributed by atoms with van der Waals surface area (Å²) in [6.45, 7) is 2.52. The van der Waals surface area contributed by atoms with Gasteiger partial charge in [0, 0.05) is 13.0 Å². The van der Waals surface area contributed by atoms with Crippen LogP contribution in [0.3, 0.4) is 0 Å². The molecule has 6 heteroatoms. The van der Waals surface area contributed by atoms with Gasteiger partial charge in [0.1, 0.15) is 10.8 Å². The lowest BCUT2D eigenvalue weighted by atomic mass is 10.3. The zero-order chi connectivity index (χ0) is 13.4. The van der Waals surface area contributed by atoms with E-state index in [1.165, 1.54) is 0 Å². The molecule has 1 rings (SSSR count). The third-order valence-electron chi connectivity index (χ3n) is 2.10. The lowest BCUT2D eigenvalue weighted by Gasteiger charge is -2.04. The van der Waals surface area contributed by atoms with Crippen molar-refractivity contribution in [3.63, 3.8) is 0 Å². The van der Waals surface area contributed by atoms with Gasteiger partial charge in [-0.3, -0.25) is 9.59 Å². The minimum absolute atomic E-state index is 0.257. The van der Waals surface area contributed by atoms with E-state index in [0.29, 0.717) is 19.6 Å². The molecule has 1 amide bonds. The number of halogens is 1. The quantitative estimate of drug-likeness (QED) is 0.486. The van der Waals surface area contributed by atoms with E-state index >= 15 is 0 Å². The lowest BCUT2D eigenvalue weighted by molar-refractivity contribution is -0.143. The Morgan fingerprint density at radius 1 is 1.44 bits per heavy atom. The van der Waals surface area contributed by atoms with E-state index in [4.69, 9.17) is 16.3 Å². The third-order valence-corrected chi connectivity index (χ3v) is 2.31. The molecule has 18 heavy (non-hydrogen) atoms. The van der Waals surface area contributed by atoms with Crippen molar-refractivity contribution < 1.29 is 14.3 Å². The predicted molar refractivity (Wildman–Crippen MR) is 67.4 cm³/mol. The van der Waals surface area contributed by atoms with E-state index in [1.54, 1.807) is 25.1 Å². The van der Waals surface area contributed by atoms with E-state index in [-0.39, 0.29) is 29.1 Å². The monoisotopic (exact) mass is 270 g/mol. The molecule has 0 fully saturated rings. The maximum Gasteiger partial charge on any atom is 0.305 e. The molecule has 1 heterocycles. The fourth-order valence-corrected chi connectivity index (χ4v) is 1.46. The van der Waals surface area contributed by atoms with Gasteiger partial charge in [0.15, 0.2) is 0 Å². The van der Waals surface area contributed by atoms with Crippen molar-refractivity contribution in [2.24, 2.45) is 0 Å². The number of aromatic nitrogens is 1. The zero-order valence-corrected chi connectivity index (χ0v) is 10.9. The molecule has 1 aromatic heterocycles. The molecule has 0 unspecified atom stereocenters. The highest BCUT2D eigenvalue weighted by Crippen LogP contribution is 2.04. The summed E-state index contributed by atoms with van der Waals surface area (Å²) in [5.74, 6) is -0.561. The minimum atomic E-state index is -0.304. The molecular weight excluding hydrogens is 256 g/mol. The number of esters is 1. The summed E-state index contributed by atoms with van der Waals surface area (Å²) in [6, 6.07) is 4.83. The van der Waals surface area contributed by atoms with Crippen LogP contribution in [0.25, 0.3) is 0 Å². The number of pyridine rings is 1. The number of carbonyl (C=O) groups excluding carboxylic acids is 2. The molecule has 0 saturated heterocycles. The van der Waals surface area contributed by atoms with Crippen LogP contribution in [0.2, 0.25) is 5.15 Å². The molecule has 0 atom stereocenters. The van der Waals surface area contributed by atoms with Crippen LogP contribution in [0.1, 0.15) is 30.3 Å². The number of hydrogen-bond donors (Lipinski definition) is 1. The first-order chi connectivity index (χ1) is 8.63. The van der Waals surface area contributed by atoms with Gasteiger partial charge < -0.3 is 10.1 Å². The number of ether oxygens (including phenoxy) is 1. The Hall–Kier alpha value is -1.62. The van der Waals surface area contributed by atoms with Crippen LogP contribution in [0.4, 0.5) is 0 Å². The summed E-state index contributed by atoms with van der Waals surface area (Å²) >= 11 is 5.67. The Morgan fingerprint density at radius 2 is 2.22 bits per heavy atom. The van der Waals surface area contributed by atoms with Crippen LogP contribution in [0.15, 0.2) is 18.2 Å². The van der Waals surface area contributed by atoms with Gasteiger partial charge in [-0.25, -0.2) is 4.98 Å². The molecular formula is C12H15ClN2O3. The molecule has 1 aromatic rings. The van der Waals surface area contributed by atoms with Gasteiger partial charge >= 0.3 is 5.97 Å². The largest absolute Gasteiger partial charge is 0.466 e. The van der Waals surface area contributed by atoms with E-state index in [2.05, 4.69) is 10.3 Å². The van der Waals surface area contributed by atoms with Crippen LogP contribution >= 0.6 is 11.6 Å². The van der Waals surface area contributed by atoms with E-state index in [1.807, 2.05) is 0 Å². The number of nitrogens with zero attached hydrogens (tertiary/aromatic N) is 1.